The number of aliphatic hydroxyl groups is 2. The minimum absolute atomic E-state index is 0. The predicted octanol–water partition coefficient (Wildman–Crippen LogP) is -3.88. The van der Waals surface area contributed by atoms with Gasteiger partial charge >= 0.3 is 166 Å². The fourth-order valence-corrected chi connectivity index (χ4v) is 1.43. The van der Waals surface area contributed by atoms with Crippen LogP contribution in [0.4, 0.5) is 0 Å². The Balaban J connectivity index is -0.0000000250. The average molecular weight is 592 g/mol. The first-order valence-electron chi connectivity index (χ1n) is 6.34. The van der Waals surface area contributed by atoms with Gasteiger partial charge in [0.15, 0.2) is 11.2 Å². The van der Waals surface area contributed by atoms with E-state index >= 15 is 0 Å². The van der Waals surface area contributed by atoms with Gasteiger partial charge in [-0.3, -0.25) is 19.2 Å². The second-order valence-corrected chi connectivity index (χ2v) is 4.96. The van der Waals surface area contributed by atoms with Crippen LogP contribution in [0.15, 0.2) is 0 Å². The van der Waals surface area contributed by atoms with Crippen LogP contribution in [0.5, 0.6) is 0 Å². The van der Waals surface area contributed by atoms with Gasteiger partial charge in [-0.2, -0.15) is 0 Å². The molecule has 0 aliphatic rings. The fourth-order valence-electron chi connectivity index (χ4n) is 1.43. The van der Waals surface area contributed by atoms with Gasteiger partial charge in [0.2, 0.25) is 0 Å². The zero-order valence-corrected chi connectivity index (χ0v) is 24.2. The Morgan fingerprint density at radius 1 is 0.500 bits per heavy atom. The first-order valence-corrected chi connectivity index (χ1v) is 6.34. The number of aliphatic carboxylic acids is 6. The third-order valence-corrected chi connectivity index (χ3v) is 2.57. The Labute approximate surface area is 277 Å². The van der Waals surface area contributed by atoms with E-state index in [-0.39, 0.29) is 139 Å². The molecule has 0 saturated heterocycles. The summed E-state index contributed by atoms with van der Waals surface area (Å²) in [4.78, 5) is 61.0. The van der Waals surface area contributed by atoms with Crippen LogP contribution in [-0.4, -0.2) is 218 Å². The van der Waals surface area contributed by atoms with E-state index in [0.29, 0.717) is 0 Å². The van der Waals surface area contributed by atoms with Crippen LogP contribution in [0, 0.1) is 0 Å². The number of rotatable bonds is 10. The maximum absolute atomic E-state index is 10.3. The molecule has 0 aromatic heterocycles. The van der Waals surface area contributed by atoms with Crippen LogP contribution >= 0.6 is 0 Å². The first-order chi connectivity index (χ1) is 11.6. The van der Waals surface area contributed by atoms with Crippen molar-refractivity contribution in [3.8, 4) is 0 Å². The molecule has 0 aromatic carbocycles. The van der Waals surface area contributed by atoms with Crippen LogP contribution in [0.25, 0.3) is 0 Å². The van der Waals surface area contributed by atoms with Gasteiger partial charge in [-0.25, -0.2) is 9.59 Å². The summed E-state index contributed by atoms with van der Waals surface area (Å²) in [5.74, 6) is -10.0. The van der Waals surface area contributed by atoms with Crippen molar-refractivity contribution in [1.29, 1.82) is 0 Å². The standard InChI is InChI=1S/2C6H8O7.3Ca.H2Se.6H/c2*7-3(8)1-6(13,5(11)12)2-4(9)10;;;;;;;;;;/h2*13H,1-2H2,(H,7,8)(H,9,10)(H,11,12);;;;1H2;;;;;;/q;;3*+2;;6*-1. The summed E-state index contributed by atoms with van der Waals surface area (Å²) in [7, 11) is 0. The Hall–Kier alpha value is 1.04. The van der Waals surface area contributed by atoms with Crippen molar-refractivity contribution in [1.82, 2.24) is 0 Å². The normalized spacial score (nSPS) is 9.40. The zero-order chi connectivity index (χ0) is 21.3. The fraction of sp³-hybridized carbons (Fsp3) is 0.500. The minimum atomic E-state index is -2.74. The molecule has 0 atom stereocenters. The number of carboxylic acids is 6. The van der Waals surface area contributed by atoms with Crippen LogP contribution in [0.2, 0.25) is 0 Å². The van der Waals surface area contributed by atoms with Gasteiger partial charge in [-0.05, 0) is 0 Å². The predicted molar refractivity (Wildman–Crippen MR) is 107 cm³/mol. The molecular weight excluding hydrogens is 567 g/mol. The molecule has 0 aromatic rings. The van der Waals surface area contributed by atoms with E-state index in [9.17, 15) is 28.8 Å². The molecule has 18 heteroatoms. The summed E-state index contributed by atoms with van der Waals surface area (Å²) in [6.07, 6.45) is -4.58. The molecule has 0 aliphatic carbocycles. The summed E-state index contributed by atoms with van der Waals surface area (Å²) in [6.45, 7) is 0. The molecule has 0 unspecified atom stereocenters. The Morgan fingerprint density at radius 2 is 0.633 bits per heavy atom. The summed E-state index contributed by atoms with van der Waals surface area (Å²) >= 11 is 0. The number of hydrogen-bond acceptors (Lipinski definition) is 8. The number of carboxylic acid groups (broad SMARTS) is 6. The molecule has 14 nitrogen and oxygen atoms in total. The Bertz CT molecular complexity index is 550. The molecule has 0 heterocycles. The molecule has 0 aliphatic heterocycles. The molecule has 0 saturated carbocycles. The first kappa shape index (κ1) is 44.7. The molecule has 0 spiro atoms. The molecule has 0 amide bonds. The van der Waals surface area contributed by atoms with E-state index in [1.54, 1.807) is 0 Å². The van der Waals surface area contributed by atoms with E-state index in [1.165, 1.54) is 0 Å². The summed E-state index contributed by atoms with van der Waals surface area (Å²) in [5, 5.41) is 67.6. The van der Waals surface area contributed by atoms with Gasteiger partial charge < -0.3 is 49.4 Å². The molecule has 8 N–H and O–H groups in total. The summed E-state index contributed by atoms with van der Waals surface area (Å²) in [5.41, 5.74) is -5.48. The van der Waals surface area contributed by atoms with Gasteiger partial charge in [0.05, 0.1) is 25.7 Å². The van der Waals surface area contributed by atoms with Crippen LogP contribution in [-0.2, 0) is 28.8 Å². The molecule has 0 fully saturated rings. The van der Waals surface area contributed by atoms with E-state index in [0.717, 1.165) is 0 Å². The number of hydrogen-bond donors (Lipinski definition) is 8. The Kier molecular flexibility index (Phi) is 30.7. The molecule has 168 valence electrons. The summed E-state index contributed by atoms with van der Waals surface area (Å²) < 4.78 is 0. The van der Waals surface area contributed by atoms with E-state index < -0.39 is 72.7 Å². The quantitative estimate of drug-likeness (QED) is 0.113. The van der Waals surface area contributed by atoms with Crippen molar-refractivity contribution in [2.45, 2.75) is 36.9 Å². The van der Waals surface area contributed by atoms with Crippen molar-refractivity contribution >= 4 is 166 Å². The van der Waals surface area contributed by atoms with Crippen LogP contribution in [0.3, 0.4) is 0 Å². The third-order valence-electron chi connectivity index (χ3n) is 2.57. The van der Waals surface area contributed by atoms with E-state index in [2.05, 4.69) is 0 Å². The second kappa shape index (κ2) is 20.6. The second-order valence-electron chi connectivity index (χ2n) is 4.96. The van der Waals surface area contributed by atoms with Gasteiger partial charge in [-0.15, -0.1) is 0 Å². The monoisotopic (exact) mass is 592 g/mol. The molecule has 0 rings (SSSR count). The maximum atomic E-state index is 10.3. The molecular formula is C12H24Ca3O14Se. The third kappa shape index (κ3) is 20.9. The van der Waals surface area contributed by atoms with Crippen molar-refractivity contribution in [3.63, 3.8) is 0 Å². The van der Waals surface area contributed by atoms with Gasteiger partial charge in [0, 0.05) is 0 Å². The van der Waals surface area contributed by atoms with Gasteiger partial charge in [0.25, 0.3) is 0 Å². The Morgan fingerprint density at radius 3 is 0.700 bits per heavy atom. The zero-order valence-electron chi connectivity index (χ0n) is 21.5. The van der Waals surface area contributed by atoms with E-state index in [1.807, 2.05) is 0 Å². The average Bonchev–Trinajstić information content (AvgIpc) is 2.34. The van der Waals surface area contributed by atoms with Crippen LogP contribution in [0.1, 0.15) is 34.2 Å². The van der Waals surface area contributed by atoms with Crippen molar-refractivity contribution in [3.05, 3.63) is 0 Å². The number of carbonyl (C=O) groups is 6. The topological polar surface area (TPSA) is 264 Å². The molecule has 0 bridgehead atoms. The van der Waals surface area contributed by atoms with Gasteiger partial charge in [-0.1, -0.05) is 0 Å². The van der Waals surface area contributed by atoms with Crippen LogP contribution < -0.4 is 0 Å². The van der Waals surface area contributed by atoms with E-state index in [4.69, 9.17) is 40.9 Å². The van der Waals surface area contributed by atoms with Crippen molar-refractivity contribution in [2.75, 3.05) is 0 Å². The van der Waals surface area contributed by atoms with Crippen molar-refractivity contribution < 1.29 is 78.2 Å². The SMILES string of the molecule is O=C(O)CC(O)(CC(=O)O)C(=O)O.O=C(O)CC(O)(CC(=O)O)C(=O)O.[Ca+2].[Ca+2].[Ca+2].[H-].[H-].[H-].[H-].[H-].[H-].[SeH2]. The van der Waals surface area contributed by atoms with Gasteiger partial charge in [0.1, 0.15) is 0 Å². The molecule has 30 heavy (non-hydrogen) atoms. The molecule has 0 radical (unpaired) electrons. The van der Waals surface area contributed by atoms with Crippen molar-refractivity contribution in [2.24, 2.45) is 0 Å². The summed E-state index contributed by atoms with van der Waals surface area (Å²) in [6, 6.07) is 0.